The van der Waals surface area contributed by atoms with Crippen LogP contribution in [-0.4, -0.2) is 76.4 Å². The molecule has 0 aromatic rings. The second-order valence-electron chi connectivity index (χ2n) is 4.01. The average molecular weight is 201 g/mol. The van der Waals surface area contributed by atoms with Crippen LogP contribution in [0.1, 0.15) is 0 Å². The summed E-state index contributed by atoms with van der Waals surface area (Å²) in [6.07, 6.45) is 0. The van der Waals surface area contributed by atoms with Crippen molar-refractivity contribution in [2.45, 2.75) is 0 Å². The van der Waals surface area contributed by atoms with E-state index in [1.165, 1.54) is 0 Å². The van der Waals surface area contributed by atoms with Gasteiger partial charge < -0.3 is 15.0 Å². The number of hydrogen-bond donors (Lipinski definition) is 1. The van der Waals surface area contributed by atoms with Gasteiger partial charge in [-0.25, -0.2) is 0 Å². The molecule has 1 heterocycles. The van der Waals surface area contributed by atoms with Gasteiger partial charge in [0, 0.05) is 39.3 Å². The molecule has 0 amide bonds. The molecule has 0 bridgehead atoms. The fourth-order valence-electron chi connectivity index (χ4n) is 1.49. The minimum atomic E-state index is 0.900. The molecule has 0 spiro atoms. The molecule has 1 rings (SSSR count). The third kappa shape index (κ3) is 5.54. The Bertz CT molecular complexity index is 135. The first-order valence-electron chi connectivity index (χ1n) is 5.44. The highest BCUT2D eigenvalue weighted by molar-refractivity contribution is 4.63. The van der Waals surface area contributed by atoms with Gasteiger partial charge in [0.25, 0.3) is 0 Å². The van der Waals surface area contributed by atoms with Crippen molar-refractivity contribution in [3.05, 3.63) is 0 Å². The Balaban J connectivity index is 1.87. The van der Waals surface area contributed by atoms with Crippen LogP contribution in [0.3, 0.4) is 0 Å². The standard InChI is InChI=1S/C10H23N3O/c1-12(2)5-3-11-4-6-13-7-9-14-10-8-13/h11H,3-10H2,1-2H3. The highest BCUT2D eigenvalue weighted by Crippen LogP contribution is 1.94. The van der Waals surface area contributed by atoms with Crippen molar-refractivity contribution >= 4 is 0 Å². The third-order valence-electron chi connectivity index (χ3n) is 2.44. The maximum atomic E-state index is 5.29. The van der Waals surface area contributed by atoms with Crippen LogP contribution in [0.5, 0.6) is 0 Å². The Morgan fingerprint density at radius 2 is 1.93 bits per heavy atom. The molecular weight excluding hydrogens is 178 g/mol. The summed E-state index contributed by atoms with van der Waals surface area (Å²) in [6, 6.07) is 0. The van der Waals surface area contributed by atoms with Crippen molar-refractivity contribution < 1.29 is 4.74 Å². The van der Waals surface area contributed by atoms with Gasteiger partial charge in [-0.2, -0.15) is 0 Å². The molecule has 4 nitrogen and oxygen atoms in total. The quantitative estimate of drug-likeness (QED) is 0.585. The second kappa shape index (κ2) is 7.17. The summed E-state index contributed by atoms with van der Waals surface area (Å²) in [6.45, 7) is 8.42. The number of likely N-dealkylation sites (N-methyl/N-ethyl adjacent to an activating group) is 1. The molecule has 1 N–H and O–H groups in total. The Labute approximate surface area is 87.2 Å². The van der Waals surface area contributed by atoms with E-state index in [9.17, 15) is 0 Å². The van der Waals surface area contributed by atoms with Crippen LogP contribution in [0.15, 0.2) is 0 Å². The number of ether oxygens (including phenoxy) is 1. The molecule has 14 heavy (non-hydrogen) atoms. The SMILES string of the molecule is CN(C)CCNCCN1CCOCC1. The first-order valence-corrected chi connectivity index (χ1v) is 5.44. The van der Waals surface area contributed by atoms with E-state index in [1.807, 2.05) is 0 Å². The first kappa shape index (κ1) is 11.9. The molecule has 84 valence electrons. The summed E-state index contributed by atoms with van der Waals surface area (Å²) in [5.74, 6) is 0. The third-order valence-corrected chi connectivity index (χ3v) is 2.44. The number of morpholine rings is 1. The maximum absolute atomic E-state index is 5.29. The lowest BCUT2D eigenvalue weighted by Gasteiger charge is -2.26. The Morgan fingerprint density at radius 3 is 2.57 bits per heavy atom. The van der Waals surface area contributed by atoms with Crippen LogP contribution >= 0.6 is 0 Å². The molecule has 0 aromatic carbocycles. The van der Waals surface area contributed by atoms with Crippen LogP contribution in [0, 0.1) is 0 Å². The summed E-state index contributed by atoms with van der Waals surface area (Å²) in [5.41, 5.74) is 0. The van der Waals surface area contributed by atoms with Gasteiger partial charge in [-0.15, -0.1) is 0 Å². The second-order valence-corrected chi connectivity index (χ2v) is 4.01. The van der Waals surface area contributed by atoms with Gasteiger partial charge in [-0.1, -0.05) is 0 Å². The first-order chi connectivity index (χ1) is 6.79. The van der Waals surface area contributed by atoms with Gasteiger partial charge >= 0.3 is 0 Å². The van der Waals surface area contributed by atoms with E-state index in [1.54, 1.807) is 0 Å². The van der Waals surface area contributed by atoms with Crippen molar-refractivity contribution in [1.29, 1.82) is 0 Å². The van der Waals surface area contributed by atoms with Gasteiger partial charge in [0.15, 0.2) is 0 Å². The summed E-state index contributed by atoms with van der Waals surface area (Å²) in [4.78, 5) is 4.65. The van der Waals surface area contributed by atoms with E-state index in [-0.39, 0.29) is 0 Å². The van der Waals surface area contributed by atoms with E-state index in [2.05, 4.69) is 29.2 Å². The molecule has 0 aliphatic carbocycles. The van der Waals surface area contributed by atoms with Crippen molar-refractivity contribution in [3.63, 3.8) is 0 Å². The molecule has 1 fully saturated rings. The van der Waals surface area contributed by atoms with Crippen LogP contribution in [0.25, 0.3) is 0 Å². The fourth-order valence-corrected chi connectivity index (χ4v) is 1.49. The predicted molar refractivity (Wildman–Crippen MR) is 58.7 cm³/mol. The van der Waals surface area contributed by atoms with Crippen molar-refractivity contribution in [1.82, 2.24) is 15.1 Å². The Kier molecular flexibility index (Phi) is 6.10. The fraction of sp³-hybridized carbons (Fsp3) is 1.00. The molecule has 0 atom stereocenters. The van der Waals surface area contributed by atoms with Crippen LogP contribution in [0.2, 0.25) is 0 Å². The summed E-state index contributed by atoms with van der Waals surface area (Å²) >= 11 is 0. The zero-order valence-electron chi connectivity index (χ0n) is 9.46. The molecule has 1 aliphatic rings. The van der Waals surface area contributed by atoms with Crippen molar-refractivity contribution in [2.24, 2.45) is 0 Å². The predicted octanol–water partition coefficient (Wildman–Crippen LogP) is -0.530. The normalized spacial score (nSPS) is 19.1. The molecule has 4 heteroatoms. The summed E-state index contributed by atoms with van der Waals surface area (Å²) < 4.78 is 5.29. The monoisotopic (exact) mass is 201 g/mol. The zero-order valence-corrected chi connectivity index (χ0v) is 9.46. The molecule has 1 saturated heterocycles. The van der Waals surface area contributed by atoms with Crippen LogP contribution in [0.4, 0.5) is 0 Å². The Morgan fingerprint density at radius 1 is 1.21 bits per heavy atom. The highest BCUT2D eigenvalue weighted by Gasteiger charge is 2.08. The molecule has 0 radical (unpaired) electrons. The van der Waals surface area contributed by atoms with Gasteiger partial charge in [-0.05, 0) is 14.1 Å². The van der Waals surface area contributed by atoms with E-state index >= 15 is 0 Å². The zero-order chi connectivity index (χ0) is 10.2. The molecule has 1 aliphatic heterocycles. The van der Waals surface area contributed by atoms with Crippen molar-refractivity contribution in [3.8, 4) is 0 Å². The van der Waals surface area contributed by atoms with E-state index in [0.717, 1.165) is 52.5 Å². The lowest BCUT2D eigenvalue weighted by Crippen LogP contribution is -2.41. The largest absolute Gasteiger partial charge is 0.379 e. The smallest absolute Gasteiger partial charge is 0.0594 e. The van der Waals surface area contributed by atoms with E-state index < -0.39 is 0 Å². The van der Waals surface area contributed by atoms with E-state index in [4.69, 9.17) is 4.74 Å². The Hall–Kier alpha value is -0.160. The molecule has 0 unspecified atom stereocenters. The molecule has 0 aromatic heterocycles. The maximum Gasteiger partial charge on any atom is 0.0594 e. The van der Waals surface area contributed by atoms with Gasteiger partial charge in [-0.3, -0.25) is 4.90 Å². The van der Waals surface area contributed by atoms with E-state index in [0.29, 0.717) is 0 Å². The summed E-state index contributed by atoms with van der Waals surface area (Å²) in [5, 5.41) is 3.44. The lowest BCUT2D eigenvalue weighted by molar-refractivity contribution is 0.0384. The van der Waals surface area contributed by atoms with Crippen LogP contribution < -0.4 is 5.32 Å². The molecular formula is C10H23N3O. The van der Waals surface area contributed by atoms with Crippen LogP contribution in [-0.2, 0) is 4.74 Å². The number of nitrogens with zero attached hydrogens (tertiary/aromatic N) is 2. The van der Waals surface area contributed by atoms with Gasteiger partial charge in [0.05, 0.1) is 13.2 Å². The minimum absolute atomic E-state index is 0.900. The van der Waals surface area contributed by atoms with Gasteiger partial charge in [0.1, 0.15) is 0 Å². The molecule has 0 saturated carbocycles. The number of nitrogens with one attached hydrogen (secondary N) is 1. The van der Waals surface area contributed by atoms with Gasteiger partial charge in [0.2, 0.25) is 0 Å². The van der Waals surface area contributed by atoms with Crippen molar-refractivity contribution in [2.75, 3.05) is 66.6 Å². The minimum Gasteiger partial charge on any atom is -0.379 e. The number of hydrogen-bond acceptors (Lipinski definition) is 4. The summed E-state index contributed by atoms with van der Waals surface area (Å²) in [7, 11) is 4.20. The highest BCUT2D eigenvalue weighted by atomic mass is 16.5. The lowest BCUT2D eigenvalue weighted by atomic mass is 10.4. The average Bonchev–Trinajstić information content (AvgIpc) is 2.18. The topological polar surface area (TPSA) is 27.7 Å². The number of rotatable bonds is 6.